The number of likely N-dealkylation sites (N-methyl/N-ethyl adjacent to an activating group) is 1. The third kappa shape index (κ3) is 3.83. The summed E-state index contributed by atoms with van der Waals surface area (Å²) >= 11 is 0. The lowest BCUT2D eigenvalue weighted by molar-refractivity contribution is 0.0645. The number of hydrogen-bond acceptors (Lipinski definition) is 4. The minimum atomic E-state index is -0.471. The quantitative estimate of drug-likeness (QED) is 0.853. The summed E-state index contributed by atoms with van der Waals surface area (Å²) in [5.41, 5.74) is 0.969. The van der Waals surface area contributed by atoms with Crippen LogP contribution in [0.25, 0.3) is 0 Å². The van der Waals surface area contributed by atoms with Gasteiger partial charge in [0, 0.05) is 24.8 Å². The molecule has 3 rings (SSSR count). The van der Waals surface area contributed by atoms with E-state index in [1.165, 1.54) is 11.2 Å². The number of hydrogen-bond donors (Lipinski definition) is 2. The van der Waals surface area contributed by atoms with E-state index in [0.29, 0.717) is 23.7 Å². The van der Waals surface area contributed by atoms with E-state index in [1.54, 1.807) is 43.4 Å². The topological polar surface area (TPSA) is 82.8 Å². The van der Waals surface area contributed by atoms with Gasteiger partial charge in [-0.3, -0.25) is 9.59 Å². The van der Waals surface area contributed by atoms with E-state index in [-0.39, 0.29) is 17.6 Å². The third-order valence-electron chi connectivity index (χ3n) is 4.09. The van der Waals surface area contributed by atoms with Gasteiger partial charge in [0.05, 0.1) is 12.4 Å². The molecule has 2 amide bonds. The number of rotatable bonds is 6. The Morgan fingerprint density at radius 2 is 2.12 bits per heavy atom. The first-order valence-electron chi connectivity index (χ1n) is 7.93. The molecule has 0 saturated heterocycles. The Labute approximate surface area is 140 Å². The van der Waals surface area contributed by atoms with Crippen LogP contribution < -0.4 is 5.32 Å². The van der Waals surface area contributed by atoms with Crippen LogP contribution in [0.4, 0.5) is 5.69 Å². The molecule has 1 heterocycles. The molecular weight excluding hydrogens is 308 g/mol. The number of anilines is 1. The summed E-state index contributed by atoms with van der Waals surface area (Å²) in [7, 11) is 1.67. The van der Waals surface area contributed by atoms with E-state index >= 15 is 0 Å². The van der Waals surface area contributed by atoms with E-state index in [0.717, 1.165) is 12.8 Å². The SMILES string of the molecule is CN(CC(O)C1CC1)C(=O)c1cccc(NC(=O)c2ccco2)c1. The highest BCUT2D eigenvalue weighted by Crippen LogP contribution is 2.32. The molecule has 6 heteroatoms. The Hall–Kier alpha value is -2.60. The number of nitrogens with one attached hydrogen (secondary N) is 1. The molecule has 0 aliphatic heterocycles. The molecule has 1 atom stereocenters. The predicted molar refractivity (Wildman–Crippen MR) is 88.8 cm³/mol. The molecule has 1 saturated carbocycles. The summed E-state index contributed by atoms with van der Waals surface area (Å²) in [5, 5.41) is 12.7. The van der Waals surface area contributed by atoms with Crippen molar-refractivity contribution in [1.29, 1.82) is 0 Å². The number of aliphatic hydroxyl groups is 1. The maximum atomic E-state index is 12.5. The minimum Gasteiger partial charge on any atom is -0.459 e. The lowest BCUT2D eigenvalue weighted by atomic mass is 10.1. The fraction of sp³-hybridized carbons (Fsp3) is 0.333. The highest BCUT2D eigenvalue weighted by molar-refractivity contribution is 6.03. The fourth-order valence-corrected chi connectivity index (χ4v) is 2.54. The standard InChI is InChI=1S/C18H20N2O4/c1-20(11-15(21)12-7-8-12)18(23)13-4-2-5-14(10-13)19-17(22)16-6-3-9-24-16/h2-6,9-10,12,15,21H,7-8,11H2,1H3,(H,19,22). The summed E-state index contributed by atoms with van der Waals surface area (Å²) < 4.78 is 5.04. The van der Waals surface area contributed by atoms with Crippen LogP contribution in [0, 0.1) is 5.92 Å². The van der Waals surface area contributed by atoms with Gasteiger partial charge in [-0.1, -0.05) is 6.07 Å². The second kappa shape index (κ2) is 6.88. The van der Waals surface area contributed by atoms with Crippen molar-refractivity contribution in [1.82, 2.24) is 4.90 Å². The van der Waals surface area contributed by atoms with Crippen molar-refractivity contribution in [2.75, 3.05) is 18.9 Å². The van der Waals surface area contributed by atoms with E-state index < -0.39 is 6.10 Å². The molecule has 1 aliphatic rings. The van der Waals surface area contributed by atoms with Gasteiger partial charge in [-0.05, 0) is 49.1 Å². The van der Waals surface area contributed by atoms with Crippen molar-refractivity contribution < 1.29 is 19.1 Å². The van der Waals surface area contributed by atoms with Crippen LogP contribution >= 0.6 is 0 Å². The average molecular weight is 328 g/mol. The monoisotopic (exact) mass is 328 g/mol. The van der Waals surface area contributed by atoms with Crippen molar-refractivity contribution in [3.8, 4) is 0 Å². The van der Waals surface area contributed by atoms with Gasteiger partial charge in [0.1, 0.15) is 0 Å². The Morgan fingerprint density at radius 1 is 1.33 bits per heavy atom. The van der Waals surface area contributed by atoms with Gasteiger partial charge >= 0.3 is 0 Å². The number of benzene rings is 1. The smallest absolute Gasteiger partial charge is 0.291 e. The Balaban J connectivity index is 1.65. The predicted octanol–water partition coefficient (Wildman–Crippen LogP) is 2.37. The Kier molecular flexibility index (Phi) is 4.66. The Morgan fingerprint density at radius 3 is 2.79 bits per heavy atom. The van der Waals surface area contributed by atoms with Gasteiger partial charge in [0.2, 0.25) is 0 Å². The summed E-state index contributed by atoms with van der Waals surface area (Å²) in [6.45, 7) is 0.312. The van der Waals surface area contributed by atoms with Crippen molar-refractivity contribution in [2.24, 2.45) is 5.92 Å². The third-order valence-corrected chi connectivity index (χ3v) is 4.09. The summed E-state index contributed by atoms with van der Waals surface area (Å²) in [6, 6.07) is 9.91. The molecule has 2 N–H and O–H groups in total. The van der Waals surface area contributed by atoms with Gasteiger partial charge in [0.25, 0.3) is 11.8 Å². The van der Waals surface area contributed by atoms with Gasteiger partial charge in [-0.15, -0.1) is 0 Å². The van der Waals surface area contributed by atoms with Crippen molar-refractivity contribution in [2.45, 2.75) is 18.9 Å². The zero-order chi connectivity index (χ0) is 17.1. The summed E-state index contributed by atoms with van der Waals surface area (Å²) in [5.74, 6) is -0.0403. The van der Waals surface area contributed by atoms with Gasteiger partial charge in [-0.2, -0.15) is 0 Å². The first kappa shape index (κ1) is 16.3. The largest absolute Gasteiger partial charge is 0.459 e. The van der Waals surface area contributed by atoms with Crippen LogP contribution in [-0.2, 0) is 0 Å². The number of nitrogens with zero attached hydrogens (tertiary/aromatic N) is 1. The highest BCUT2D eigenvalue weighted by atomic mass is 16.3. The van der Waals surface area contributed by atoms with Crippen LogP contribution in [0.15, 0.2) is 47.1 Å². The number of furan rings is 1. The molecule has 1 fully saturated rings. The molecule has 1 aromatic heterocycles. The molecular formula is C18H20N2O4. The number of carbonyl (C=O) groups is 2. The second-order valence-electron chi connectivity index (χ2n) is 6.10. The van der Waals surface area contributed by atoms with Gasteiger partial charge < -0.3 is 19.7 Å². The molecule has 1 unspecified atom stereocenters. The van der Waals surface area contributed by atoms with Crippen molar-refractivity contribution >= 4 is 17.5 Å². The van der Waals surface area contributed by atoms with E-state index in [1.807, 2.05) is 0 Å². The highest BCUT2D eigenvalue weighted by Gasteiger charge is 2.31. The average Bonchev–Trinajstić information content (AvgIpc) is 3.28. The van der Waals surface area contributed by atoms with E-state index in [9.17, 15) is 14.7 Å². The van der Waals surface area contributed by atoms with Gasteiger partial charge in [0.15, 0.2) is 5.76 Å². The fourth-order valence-electron chi connectivity index (χ4n) is 2.54. The van der Waals surface area contributed by atoms with Gasteiger partial charge in [-0.25, -0.2) is 0 Å². The molecule has 1 aliphatic carbocycles. The zero-order valence-corrected chi connectivity index (χ0v) is 13.4. The number of amides is 2. The molecule has 2 aromatic rings. The van der Waals surface area contributed by atoms with Crippen LogP contribution in [-0.4, -0.2) is 41.5 Å². The van der Waals surface area contributed by atoms with Crippen LogP contribution in [0.3, 0.4) is 0 Å². The number of carbonyl (C=O) groups excluding carboxylic acids is 2. The molecule has 1 aromatic carbocycles. The van der Waals surface area contributed by atoms with Crippen molar-refractivity contribution in [3.05, 3.63) is 54.0 Å². The number of aliphatic hydroxyl groups excluding tert-OH is 1. The first-order chi connectivity index (χ1) is 11.5. The lowest BCUT2D eigenvalue weighted by Crippen LogP contribution is -2.35. The van der Waals surface area contributed by atoms with Crippen LogP contribution in [0.5, 0.6) is 0 Å². The van der Waals surface area contributed by atoms with Crippen LogP contribution in [0.2, 0.25) is 0 Å². The maximum Gasteiger partial charge on any atom is 0.291 e. The molecule has 126 valence electrons. The zero-order valence-electron chi connectivity index (χ0n) is 13.4. The normalized spacial score (nSPS) is 14.9. The second-order valence-corrected chi connectivity index (χ2v) is 6.10. The van der Waals surface area contributed by atoms with Crippen molar-refractivity contribution in [3.63, 3.8) is 0 Å². The molecule has 24 heavy (non-hydrogen) atoms. The summed E-state index contributed by atoms with van der Waals surface area (Å²) in [6.07, 6.45) is 3.00. The van der Waals surface area contributed by atoms with E-state index in [4.69, 9.17) is 4.42 Å². The lowest BCUT2D eigenvalue weighted by Gasteiger charge is -2.21. The molecule has 0 bridgehead atoms. The molecule has 0 spiro atoms. The minimum absolute atomic E-state index is 0.191. The molecule has 0 radical (unpaired) electrons. The maximum absolute atomic E-state index is 12.5. The van der Waals surface area contributed by atoms with Crippen LogP contribution in [0.1, 0.15) is 33.8 Å². The molecule has 6 nitrogen and oxygen atoms in total. The first-order valence-corrected chi connectivity index (χ1v) is 7.93. The Bertz CT molecular complexity index is 722. The summed E-state index contributed by atoms with van der Waals surface area (Å²) in [4.78, 5) is 26.0. The van der Waals surface area contributed by atoms with E-state index in [2.05, 4.69) is 5.32 Å².